The predicted octanol–water partition coefficient (Wildman–Crippen LogP) is 4.05. The maximum atomic E-state index is 13.8. The van der Waals surface area contributed by atoms with Crippen molar-refractivity contribution in [3.8, 4) is 0 Å². The summed E-state index contributed by atoms with van der Waals surface area (Å²) in [6.07, 6.45) is 4.48. The lowest BCUT2D eigenvalue weighted by atomic mass is 9.86. The number of hydrogen-bond acceptors (Lipinski definition) is 1. The first-order valence-electron chi connectivity index (χ1n) is 6.73. The summed E-state index contributed by atoms with van der Waals surface area (Å²) in [5.41, 5.74) is 0.651. The summed E-state index contributed by atoms with van der Waals surface area (Å²) >= 11 is 6.11. The van der Waals surface area contributed by atoms with Gasteiger partial charge < -0.3 is 5.32 Å². The van der Waals surface area contributed by atoms with Crippen LogP contribution in [0.3, 0.4) is 0 Å². The van der Waals surface area contributed by atoms with Crippen LogP contribution in [0.15, 0.2) is 18.2 Å². The van der Waals surface area contributed by atoms with E-state index >= 15 is 0 Å². The zero-order chi connectivity index (χ0) is 13.1. The molecule has 0 spiro atoms. The van der Waals surface area contributed by atoms with Crippen molar-refractivity contribution in [2.24, 2.45) is 11.8 Å². The average molecular weight is 270 g/mol. The van der Waals surface area contributed by atoms with E-state index < -0.39 is 0 Å². The maximum Gasteiger partial charge on any atom is 0.127 e. The highest BCUT2D eigenvalue weighted by Crippen LogP contribution is 2.35. The Hall–Kier alpha value is -0.600. The van der Waals surface area contributed by atoms with E-state index in [9.17, 15) is 4.39 Å². The lowest BCUT2D eigenvalue weighted by Crippen LogP contribution is -2.37. The highest BCUT2D eigenvalue weighted by atomic mass is 35.5. The number of rotatable bonds is 4. The molecule has 3 heteroatoms. The second-order valence-electron chi connectivity index (χ2n) is 5.37. The van der Waals surface area contributed by atoms with Gasteiger partial charge in [0.25, 0.3) is 0 Å². The quantitative estimate of drug-likeness (QED) is 0.870. The monoisotopic (exact) mass is 269 g/mol. The van der Waals surface area contributed by atoms with Crippen molar-refractivity contribution in [3.63, 3.8) is 0 Å². The predicted molar refractivity (Wildman–Crippen MR) is 74.5 cm³/mol. The molecule has 1 nitrogen and oxygen atoms in total. The molecule has 1 aliphatic carbocycles. The lowest BCUT2D eigenvalue weighted by Gasteiger charge is -2.27. The summed E-state index contributed by atoms with van der Waals surface area (Å²) in [5, 5.41) is 3.89. The van der Waals surface area contributed by atoms with Gasteiger partial charge in [0.2, 0.25) is 0 Å². The summed E-state index contributed by atoms with van der Waals surface area (Å²) < 4.78 is 13.8. The summed E-state index contributed by atoms with van der Waals surface area (Å²) in [6.45, 7) is 2.30. The first-order chi connectivity index (χ1) is 8.63. The van der Waals surface area contributed by atoms with Gasteiger partial charge in [0.05, 0.1) is 0 Å². The SMILES string of the molecule is CNC(Cc1c(F)cccc1Cl)C1CCCC1C. The van der Waals surface area contributed by atoms with Gasteiger partial charge in [0, 0.05) is 16.6 Å². The molecule has 0 aliphatic heterocycles. The average Bonchev–Trinajstić information content (AvgIpc) is 2.76. The van der Waals surface area contributed by atoms with Crippen LogP contribution in [0.25, 0.3) is 0 Å². The Labute approximate surface area is 114 Å². The van der Waals surface area contributed by atoms with Crippen molar-refractivity contribution in [1.29, 1.82) is 0 Å². The maximum absolute atomic E-state index is 13.8. The zero-order valence-corrected chi connectivity index (χ0v) is 11.8. The molecule has 1 aliphatic rings. The number of likely N-dealkylation sites (N-methyl/N-ethyl adjacent to an activating group) is 1. The van der Waals surface area contributed by atoms with E-state index in [1.807, 2.05) is 7.05 Å². The molecule has 100 valence electrons. The van der Waals surface area contributed by atoms with Gasteiger partial charge in [-0.15, -0.1) is 0 Å². The summed E-state index contributed by atoms with van der Waals surface area (Å²) in [4.78, 5) is 0. The molecule has 0 heterocycles. The van der Waals surface area contributed by atoms with Crippen molar-refractivity contribution in [1.82, 2.24) is 5.32 Å². The Balaban J connectivity index is 2.15. The van der Waals surface area contributed by atoms with Crippen LogP contribution in [0.4, 0.5) is 4.39 Å². The van der Waals surface area contributed by atoms with Crippen molar-refractivity contribution in [2.75, 3.05) is 7.05 Å². The second kappa shape index (κ2) is 6.03. The molecule has 1 N–H and O–H groups in total. The van der Waals surface area contributed by atoms with E-state index in [4.69, 9.17) is 11.6 Å². The fourth-order valence-electron chi connectivity index (χ4n) is 3.19. The van der Waals surface area contributed by atoms with E-state index in [0.717, 1.165) is 0 Å². The molecule has 1 fully saturated rings. The van der Waals surface area contributed by atoms with Gasteiger partial charge in [0.15, 0.2) is 0 Å². The fourth-order valence-corrected chi connectivity index (χ4v) is 3.43. The molecule has 18 heavy (non-hydrogen) atoms. The van der Waals surface area contributed by atoms with E-state index in [2.05, 4.69) is 12.2 Å². The smallest absolute Gasteiger partial charge is 0.127 e. The molecule has 0 amide bonds. The molecular formula is C15H21ClFN. The van der Waals surface area contributed by atoms with Crippen LogP contribution in [0.2, 0.25) is 5.02 Å². The van der Waals surface area contributed by atoms with Crippen molar-refractivity contribution >= 4 is 11.6 Å². The van der Waals surface area contributed by atoms with Crippen LogP contribution in [0, 0.1) is 17.7 Å². The molecular weight excluding hydrogens is 249 g/mol. The largest absolute Gasteiger partial charge is 0.316 e. The number of halogens is 2. The second-order valence-corrected chi connectivity index (χ2v) is 5.78. The molecule has 1 saturated carbocycles. The summed E-state index contributed by atoms with van der Waals surface area (Å²) in [5.74, 6) is 1.16. The minimum absolute atomic E-state index is 0.187. The third kappa shape index (κ3) is 2.86. The van der Waals surface area contributed by atoms with E-state index in [1.54, 1.807) is 12.1 Å². The number of hydrogen-bond donors (Lipinski definition) is 1. The minimum Gasteiger partial charge on any atom is -0.316 e. The highest BCUT2D eigenvalue weighted by Gasteiger charge is 2.30. The van der Waals surface area contributed by atoms with Gasteiger partial charge in [0.1, 0.15) is 5.82 Å². The third-order valence-corrected chi connectivity index (χ3v) is 4.66. The van der Waals surface area contributed by atoms with Crippen molar-refractivity contribution in [3.05, 3.63) is 34.6 Å². The van der Waals surface area contributed by atoms with Crippen LogP contribution >= 0.6 is 11.6 Å². The molecule has 0 saturated heterocycles. The van der Waals surface area contributed by atoms with Crippen LogP contribution in [-0.4, -0.2) is 13.1 Å². The fraction of sp³-hybridized carbons (Fsp3) is 0.600. The Morgan fingerprint density at radius 1 is 1.44 bits per heavy atom. The molecule has 1 aromatic rings. The van der Waals surface area contributed by atoms with Crippen LogP contribution in [0.1, 0.15) is 31.7 Å². The lowest BCUT2D eigenvalue weighted by molar-refractivity contribution is 0.306. The third-order valence-electron chi connectivity index (χ3n) is 4.30. The summed E-state index contributed by atoms with van der Waals surface area (Å²) in [7, 11) is 1.96. The Morgan fingerprint density at radius 3 is 2.78 bits per heavy atom. The topological polar surface area (TPSA) is 12.0 Å². The Morgan fingerprint density at radius 2 is 2.22 bits per heavy atom. The van der Waals surface area contributed by atoms with Crippen LogP contribution in [0.5, 0.6) is 0 Å². The van der Waals surface area contributed by atoms with Crippen LogP contribution < -0.4 is 5.32 Å². The van der Waals surface area contributed by atoms with Gasteiger partial charge in [-0.1, -0.05) is 37.4 Å². The molecule has 1 aromatic carbocycles. The van der Waals surface area contributed by atoms with Crippen molar-refractivity contribution in [2.45, 2.75) is 38.6 Å². The van der Waals surface area contributed by atoms with Crippen LogP contribution in [-0.2, 0) is 6.42 Å². The van der Waals surface area contributed by atoms with E-state index in [-0.39, 0.29) is 5.82 Å². The molecule has 2 rings (SSSR count). The Kier molecular flexibility index (Phi) is 4.63. The highest BCUT2D eigenvalue weighted by molar-refractivity contribution is 6.31. The molecule has 3 unspecified atom stereocenters. The normalized spacial score (nSPS) is 25.3. The van der Waals surface area contributed by atoms with Gasteiger partial charge in [-0.25, -0.2) is 4.39 Å². The number of nitrogens with one attached hydrogen (secondary N) is 1. The van der Waals surface area contributed by atoms with E-state index in [0.29, 0.717) is 34.9 Å². The first kappa shape index (κ1) is 13.8. The van der Waals surface area contributed by atoms with Gasteiger partial charge in [-0.3, -0.25) is 0 Å². The Bertz CT molecular complexity index is 387. The molecule has 0 bridgehead atoms. The number of benzene rings is 1. The molecule has 0 aromatic heterocycles. The molecule has 0 radical (unpaired) electrons. The van der Waals surface area contributed by atoms with Crippen molar-refractivity contribution < 1.29 is 4.39 Å². The minimum atomic E-state index is -0.187. The van der Waals surface area contributed by atoms with Gasteiger partial charge in [-0.05, 0) is 43.9 Å². The van der Waals surface area contributed by atoms with E-state index in [1.165, 1.54) is 25.3 Å². The summed E-state index contributed by atoms with van der Waals surface area (Å²) in [6, 6.07) is 5.24. The zero-order valence-electron chi connectivity index (χ0n) is 11.0. The first-order valence-corrected chi connectivity index (χ1v) is 7.11. The van der Waals surface area contributed by atoms with Gasteiger partial charge >= 0.3 is 0 Å². The molecule has 3 atom stereocenters. The van der Waals surface area contributed by atoms with Gasteiger partial charge in [-0.2, -0.15) is 0 Å². The standard InChI is InChI=1S/C15H21ClFN/c1-10-5-3-6-11(10)15(18-2)9-12-13(16)7-4-8-14(12)17/h4,7-8,10-11,15,18H,3,5-6,9H2,1-2H3.